The second-order valence-corrected chi connectivity index (χ2v) is 6.33. The van der Waals surface area contributed by atoms with E-state index in [2.05, 4.69) is 10.3 Å². The van der Waals surface area contributed by atoms with Crippen molar-refractivity contribution in [3.63, 3.8) is 0 Å². The van der Waals surface area contributed by atoms with Gasteiger partial charge in [-0.2, -0.15) is 0 Å². The van der Waals surface area contributed by atoms with Gasteiger partial charge in [0.1, 0.15) is 5.75 Å². The van der Waals surface area contributed by atoms with Crippen LogP contribution in [0.4, 0.5) is 5.69 Å². The quantitative estimate of drug-likeness (QED) is 0.682. The van der Waals surface area contributed by atoms with E-state index in [0.717, 1.165) is 5.56 Å². The van der Waals surface area contributed by atoms with Gasteiger partial charge in [-0.3, -0.25) is 9.59 Å². The van der Waals surface area contributed by atoms with Crippen LogP contribution in [-0.2, 0) is 11.8 Å². The minimum Gasteiger partial charge on any atom is -0.481 e. The Kier molecular flexibility index (Phi) is 5.35. The molecule has 2 aromatic carbocycles. The van der Waals surface area contributed by atoms with Gasteiger partial charge in [0.15, 0.2) is 11.9 Å². The number of carbonyl (C=O) groups is 2. The first-order valence-electron chi connectivity index (χ1n) is 8.60. The molecule has 0 radical (unpaired) electrons. The van der Waals surface area contributed by atoms with Gasteiger partial charge in [0, 0.05) is 30.7 Å². The summed E-state index contributed by atoms with van der Waals surface area (Å²) in [6, 6.07) is 14.2. The highest BCUT2D eigenvalue weighted by atomic mass is 16.5. The zero-order valence-corrected chi connectivity index (χ0v) is 15.5. The van der Waals surface area contributed by atoms with E-state index >= 15 is 0 Å². The van der Waals surface area contributed by atoms with Crippen molar-refractivity contribution in [2.45, 2.75) is 20.0 Å². The maximum Gasteiger partial charge on any atom is 0.265 e. The predicted molar refractivity (Wildman–Crippen MR) is 103 cm³/mol. The van der Waals surface area contributed by atoms with Crippen LogP contribution < -0.4 is 10.1 Å². The maximum absolute atomic E-state index is 12.4. The number of aromatic nitrogens is 2. The molecule has 1 N–H and O–H groups in total. The van der Waals surface area contributed by atoms with Crippen LogP contribution in [0.3, 0.4) is 0 Å². The summed E-state index contributed by atoms with van der Waals surface area (Å²) in [5.74, 6) is 0.571. The van der Waals surface area contributed by atoms with E-state index in [4.69, 9.17) is 4.74 Å². The van der Waals surface area contributed by atoms with E-state index in [0.29, 0.717) is 22.8 Å². The van der Waals surface area contributed by atoms with Gasteiger partial charge in [0.05, 0.1) is 0 Å². The minimum absolute atomic E-state index is 0.170. The first kappa shape index (κ1) is 18.4. The number of benzene rings is 2. The molecule has 6 nitrogen and oxygen atoms in total. The number of hydrogen-bond acceptors (Lipinski definition) is 4. The molecule has 0 fully saturated rings. The molecule has 0 aliphatic heterocycles. The zero-order chi connectivity index (χ0) is 19.4. The van der Waals surface area contributed by atoms with E-state index in [9.17, 15) is 9.59 Å². The number of ether oxygens (including phenoxy) is 1. The normalized spacial score (nSPS) is 11.7. The molecule has 0 spiro atoms. The number of anilines is 1. The molecular weight excluding hydrogens is 342 g/mol. The van der Waals surface area contributed by atoms with Gasteiger partial charge in [-0.1, -0.05) is 17.7 Å². The molecule has 0 bridgehead atoms. The third-order valence-electron chi connectivity index (χ3n) is 4.14. The van der Waals surface area contributed by atoms with Gasteiger partial charge in [-0.15, -0.1) is 0 Å². The molecule has 3 aromatic rings. The van der Waals surface area contributed by atoms with Crippen molar-refractivity contribution in [3.05, 3.63) is 77.9 Å². The molecule has 6 heteroatoms. The number of amides is 1. The lowest BCUT2D eigenvalue weighted by Crippen LogP contribution is -2.30. The second-order valence-electron chi connectivity index (χ2n) is 6.33. The molecule has 1 amide bonds. The van der Waals surface area contributed by atoms with Crippen LogP contribution in [0, 0.1) is 6.92 Å². The average Bonchev–Trinajstić information content (AvgIpc) is 3.09. The number of hydrogen-bond donors (Lipinski definition) is 1. The minimum atomic E-state index is -0.651. The van der Waals surface area contributed by atoms with Gasteiger partial charge < -0.3 is 14.6 Å². The van der Waals surface area contributed by atoms with Crippen molar-refractivity contribution < 1.29 is 14.3 Å². The smallest absolute Gasteiger partial charge is 0.265 e. The zero-order valence-electron chi connectivity index (χ0n) is 15.5. The van der Waals surface area contributed by atoms with Gasteiger partial charge in [-0.05, 0) is 50.2 Å². The lowest BCUT2D eigenvalue weighted by molar-refractivity contribution is -0.122. The molecule has 27 heavy (non-hydrogen) atoms. The predicted octanol–water partition coefficient (Wildman–Crippen LogP) is 3.37. The van der Waals surface area contributed by atoms with Gasteiger partial charge in [0.25, 0.3) is 5.91 Å². The first-order valence-corrected chi connectivity index (χ1v) is 8.60. The number of imidazole rings is 1. The molecule has 0 saturated carbocycles. The molecular formula is C21H21N3O3. The van der Waals surface area contributed by atoms with Gasteiger partial charge in [-0.25, -0.2) is 4.98 Å². The third kappa shape index (κ3) is 4.41. The van der Waals surface area contributed by atoms with Crippen molar-refractivity contribution in [1.82, 2.24) is 9.55 Å². The van der Waals surface area contributed by atoms with Crippen LogP contribution in [-0.4, -0.2) is 27.3 Å². The number of aryl methyl sites for hydroxylation is 2. The monoisotopic (exact) mass is 363 g/mol. The van der Waals surface area contributed by atoms with Crippen LogP contribution >= 0.6 is 0 Å². The molecule has 1 aromatic heterocycles. The SMILES string of the molecule is Cc1ccc(O[C@@H](C)C(=O)Nc2ccc(C(=O)c3nccn3C)cc2)cc1. The van der Waals surface area contributed by atoms with Gasteiger partial charge in [0.2, 0.25) is 5.78 Å². The molecule has 1 atom stereocenters. The molecule has 138 valence electrons. The number of nitrogens with one attached hydrogen (secondary N) is 1. The summed E-state index contributed by atoms with van der Waals surface area (Å²) in [5.41, 5.74) is 2.22. The van der Waals surface area contributed by atoms with Crippen LogP contribution in [0.15, 0.2) is 60.9 Å². The van der Waals surface area contributed by atoms with Crippen molar-refractivity contribution >= 4 is 17.4 Å². The molecule has 3 rings (SSSR count). The largest absolute Gasteiger partial charge is 0.481 e. The summed E-state index contributed by atoms with van der Waals surface area (Å²) in [7, 11) is 1.77. The third-order valence-corrected chi connectivity index (χ3v) is 4.14. The van der Waals surface area contributed by atoms with Gasteiger partial charge >= 0.3 is 0 Å². The first-order chi connectivity index (χ1) is 12.9. The summed E-state index contributed by atoms with van der Waals surface area (Å²) < 4.78 is 7.32. The summed E-state index contributed by atoms with van der Waals surface area (Å²) in [5, 5.41) is 2.79. The lowest BCUT2D eigenvalue weighted by Gasteiger charge is -2.15. The summed E-state index contributed by atoms with van der Waals surface area (Å²) in [6.45, 7) is 3.68. The van der Waals surface area contributed by atoms with Crippen molar-refractivity contribution in [3.8, 4) is 5.75 Å². The van der Waals surface area contributed by atoms with E-state index < -0.39 is 6.10 Å². The van der Waals surface area contributed by atoms with E-state index in [1.165, 1.54) is 0 Å². The van der Waals surface area contributed by atoms with Crippen LogP contribution in [0.2, 0.25) is 0 Å². The second kappa shape index (κ2) is 7.86. The molecule has 0 saturated heterocycles. The highest BCUT2D eigenvalue weighted by Gasteiger charge is 2.16. The Labute approximate surface area is 157 Å². The Morgan fingerprint density at radius 3 is 2.33 bits per heavy atom. The van der Waals surface area contributed by atoms with Crippen molar-refractivity contribution in [2.75, 3.05) is 5.32 Å². The number of ketones is 1. The molecule has 0 aliphatic rings. The Bertz CT molecular complexity index is 944. The van der Waals surface area contributed by atoms with Crippen LogP contribution in [0.1, 0.15) is 28.7 Å². The standard InChI is InChI=1S/C21H21N3O3/c1-14-4-10-18(11-5-14)27-15(2)21(26)23-17-8-6-16(7-9-17)19(25)20-22-12-13-24(20)3/h4-13,15H,1-3H3,(H,23,26)/t15-/m0/s1. The highest BCUT2D eigenvalue weighted by Crippen LogP contribution is 2.16. The average molecular weight is 363 g/mol. The van der Waals surface area contributed by atoms with E-state index in [-0.39, 0.29) is 11.7 Å². The number of rotatable bonds is 6. The number of nitrogens with zero attached hydrogens (tertiary/aromatic N) is 2. The fourth-order valence-corrected chi connectivity index (χ4v) is 2.54. The summed E-state index contributed by atoms with van der Waals surface area (Å²) in [6.07, 6.45) is 2.65. The number of carbonyl (C=O) groups excluding carboxylic acids is 2. The molecule has 1 heterocycles. The Morgan fingerprint density at radius 1 is 1.07 bits per heavy atom. The molecule has 0 aliphatic carbocycles. The topological polar surface area (TPSA) is 73.2 Å². The molecule has 0 unspecified atom stereocenters. The van der Waals surface area contributed by atoms with E-state index in [1.54, 1.807) is 55.2 Å². The maximum atomic E-state index is 12.4. The highest BCUT2D eigenvalue weighted by molar-refractivity contribution is 6.07. The van der Waals surface area contributed by atoms with E-state index in [1.807, 2.05) is 31.2 Å². The van der Waals surface area contributed by atoms with Crippen molar-refractivity contribution in [1.29, 1.82) is 0 Å². The Morgan fingerprint density at radius 2 is 1.74 bits per heavy atom. The Balaban J connectivity index is 1.62. The fourth-order valence-electron chi connectivity index (χ4n) is 2.54. The fraction of sp³-hybridized carbons (Fsp3) is 0.190. The van der Waals surface area contributed by atoms with Crippen molar-refractivity contribution in [2.24, 2.45) is 7.05 Å². The lowest BCUT2D eigenvalue weighted by atomic mass is 10.1. The Hall–Kier alpha value is -3.41. The summed E-state index contributed by atoms with van der Waals surface area (Å²) in [4.78, 5) is 28.8. The van der Waals surface area contributed by atoms with Crippen LogP contribution in [0.25, 0.3) is 0 Å². The van der Waals surface area contributed by atoms with Crippen LogP contribution in [0.5, 0.6) is 5.75 Å². The summed E-state index contributed by atoms with van der Waals surface area (Å²) >= 11 is 0.